The maximum atomic E-state index is 12.9. The van der Waals surface area contributed by atoms with Crippen molar-refractivity contribution >= 4 is 40.1 Å². The van der Waals surface area contributed by atoms with Crippen LogP contribution in [0.4, 0.5) is 23.1 Å². The molecule has 0 atom stereocenters. The van der Waals surface area contributed by atoms with Gasteiger partial charge in [-0.25, -0.2) is 9.67 Å². The Morgan fingerprint density at radius 3 is 2.76 bits per heavy atom. The number of nitrogens with zero attached hydrogens (tertiary/aromatic N) is 8. The van der Waals surface area contributed by atoms with E-state index in [1.165, 1.54) is 25.7 Å². The Hall–Kier alpha value is -4.06. The van der Waals surface area contributed by atoms with Crippen LogP contribution in [0.3, 0.4) is 0 Å². The maximum absolute atomic E-state index is 12.9. The Bertz CT molecular complexity index is 1470. The van der Waals surface area contributed by atoms with Crippen molar-refractivity contribution in [1.29, 1.82) is 0 Å². The first-order valence-corrected chi connectivity index (χ1v) is 12.6. The van der Waals surface area contributed by atoms with E-state index in [4.69, 9.17) is 0 Å². The Morgan fingerprint density at radius 2 is 1.97 bits per heavy atom. The Morgan fingerprint density at radius 1 is 1.11 bits per heavy atom. The largest absolute Gasteiger partial charge is 0.351 e. The van der Waals surface area contributed by atoms with E-state index in [2.05, 4.69) is 46.0 Å². The van der Waals surface area contributed by atoms with Crippen LogP contribution < -0.4 is 16.0 Å². The van der Waals surface area contributed by atoms with Crippen molar-refractivity contribution in [3.63, 3.8) is 0 Å². The molecular weight excluding hydrogens is 470 g/mol. The highest BCUT2D eigenvalue weighted by molar-refractivity contribution is 5.96. The molecule has 4 aromatic rings. The van der Waals surface area contributed by atoms with Crippen LogP contribution in [0.25, 0.3) is 11.0 Å². The summed E-state index contributed by atoms with van der Waals surface area (Å²) < 4.78 is 3.40. The molecule has 1 saturated carbocycles. The van der Waals surface area contributed by atoms with Gasteiger partial charge in [-0.1, -0.05) is 0 Å². The maximum Gasteiger partial charge on any atom is 0.252 e. The minimum Gasteiger partial charge on any atom is -0.351 e. The fourth-order valence-electron chi connectivity index (χ4n) is 5.18. The van der Waals surface area contributed by atoms with E-state index in [1.54, 1.807) is 28.0 Å². The Kier molecular flexibility index (Phi) is 5.75. The smallest absolute Gasteiger partial charge is 0.252 e. The quantitative estimate of drug-likeness (QED) is 0.333. The normalized spacial score (nSPS) is 16.4. The zero-order chi connectivity index (χ0) is 25.6. The van der Waals surface area contributed by atoms with Crippen molar-refractivity contribution in [2.45, 2.75) is 38.1 Å². The number of aromatic nitrogens is 7. The number of rotatable bonds is 8. The molecule has 2 aliphatic rings. The minimum absolute atomic E-state index is 0.125. The average Bonchev–Trinajstić information content (AvgIpc) is 3.22. The number of anilines is 4. The van der Waals surface area contributed by atoms with Gasteiger partial charge >= 0.3 is 0 Å². The van der Waals surface area contributed by atoms with Gasteiger partial charge in [-0.15, -0.1) is 0 Å². The van der Waals surface area contributed by atoms with Crippen molar-refractivity contribution in [2.24, 2.45) is 14.1 Å². The van der Waals surface area contributed by atoms with E-state index in [0.717, 1.165) is 29.9 Å². The number of carbonyl (C=O) groups is 1. The molecule has 0 radical (unpaired) electrons. The minimum atomic E-state index is -0.125. The second-order valence-corrected chi connectivity index (χ2v) is 9.98. The second kappa shape index (κ2) is 9.11. The molecule has 192 valence electrons. The lowest BCUT2D eigenvalue weighted by Crippen LogP contribution is -2.38. The number of carbonyl (C=O) groups excluding carboxylic acids is 1. The van der Waals surface area contributed by atoms with Crippen LogP contribution in [0.15, 0.2) is 30.9 Å². The van der Waals surface area contributed by atoms with Gasteiger partial charge in [-0.3, -0.25) is 19.4 Å². The summed E-state index contributed by atoms with van der Waals surface area (Å²) in [6.07, 6.45) is 12.1. The summed E-state index contributed by atoms with van der Waals surface area (Å²) in [4.78, 5) is 28.9. The van der Waals surface area contributed by atoms with E-state index < -0.39 is 0 Å². The highest BCUT2D eigenvalue weighted by Crippen LogP contribution is 2.49. The van der Waals surface area contributed by atoms with Gasteiger partial charge in [0, 0.05) is 51.3 Å². The van der Waals surface area contributed by atoms with Gasteiger partial charge in [0.2, 0.25) is 5.95 Å². The molecular formula is C25H31N11O. The molecule has 1 aliphatic heterocycles. The standard InChI is InChI=1S/C25H31N11O/c1-16-20(11-17(12-27-16)23(37)26-8-10-36-9-4-5-25(36)6-7-25)31-21-19-14-28-24(32-22(19)35(3)33-21)30-18-13-29-34(2)15-18/h11-15H,4-10H2,1-3H3,(H,26,37)(H,31,33)(H,28,30,32). The lowest BCUT2D eigenvalue weighted by molar-refractivity contribution is 0.0945. The molecule has 0 unspecified atom stereocenters. The molecule has 1 aliphatic carbocycles. The van der Waals surface area contributed by atoms with Crippen molar-refractivity contribution in [3.05, 3.63) is 42.1 Å². The van der Waals surface area contributed by atoms with Crippen LogP contribution in [0.1, 0.15) is 41.7 Å². The van der Waals surface area contributed by atoms with E-state index in [0.29, 0.717) is 40.7 Å². The number of pyridine rings is 1. The molecule has 12 heteroatoms. The predicted molar refractivity (Wildman–Crippen MR) is 140 cm³/mol. The number of amides is 1. The summed E-state index contributed by atoms with van der Waals surface area (Å²) in [6.45, 7) is 4.56. The molecule has 3 N–H and O–H groups in total. The molecule has 4 aromatic heterocycles. The van der Waals surface area contributed by atoms with Crippen molar-refractivity contribution < 1.29 is 4.79 Å². The molecule has 5 heterocycles. The molecule has 0 bridgehead atoms. The first-order valence-electron chi connectivity index (χ1n) is 12.6. The Labute approximate surface area is 214 Å². The first-order chi connectivity index (χ1) is 17.9. The lowest BCUT2D eigenvalue weighted by atomic mass is 10.2. The molecule has 12 nitrogen and oxygen atoms in total. The Balaban J connectivity index is 1.15. The van der Waals surface area contributed by atoms with Crippen molar-refractivity contribution in [3.8, 4) is 0 Å². The second-order valence-electron chi connectivity index (χ2n) is 9.98. The summed E-state index contributed by atoms with van der Waals surface area (Å²) in [5.41, 5.74) is 3.89. The van der Waals surface area contributed by atoms with E-state index in [9.17, 15) is 4.79 Å². The molecule has 1 spiro atoms. The summed E-state index contributed by atoms with van der Waals surface area (Å²) in [7, 11) is 3.68. The monoisotopic (exact) mass is 501 g/mol. The highest BCUT2D eigenvalue weighted by atomic mass is 16.1. The summed E-state index contributed by atoms with van der Waals surface area (Å²) >= 11 is 0. The van der Waals surface area contributed by atoms with Crippen LogP contribution in [0.2, 0.25) is 0 Å². The van der Waals surface area contributed by atoms with Gasteiger partial charge in [0.1, 0.15) is 0 Å². The number of hydrogen-bond acceptors (Lipinski definition) is 9. The molecule has 2 fully saturated rings. The first kappa shape index (κ1) is 23.3. The summed E-state index contributed by atoms with van der Waals surface area (Å²) in [5.74, 6) is 0.921. The number of nitrogens with one attached hydrogen (secondary N) is 3. The lowest BCUT2D eigenvalue weighted by Gasteiger charge is -2.23. The average molecular weight is 502 g/mol. The van der Waals surface area contributed by atoms with E-state index >= 15 is 0 Å². The summed E-state index contributed by atoms with van der Waals surface area (Å²) in [6, 6.07) is 1.82. The van der Waals surface area contributed by atoms with Gasteiger partial charge in [0.25, 0.3) is 5.91 Å². The molecule has 6 rings (SSSR count). The van der Waals surface area contributed by atoms with Crippen LogP contribution in [-0.4, -0.2) is 70.5 Å². The highest BCUT2D eigenvalue weighted by Gasteiger charge is 2.50. The van der Waals surface area contributed by atoms with Gasteiger partial charge in [-0.05, 0) is 45.2 Å². The summed E-state index contributed by atoms with van der Waals surface area (Å²) in [5, 5.41) is 19.0. The van der Waals surface area contributed by atoms with Crippen LogP contribution >= 0.6 is 0 Å². The third kappa shape index (κ3) is 4.59. The molecule has 1 amide bonds. The van der Waals surface area contributed by atoms with Gasteiger partial charge < -0.3 is 16.0 Å². The van der Waals surface area contributed by atoms with Gasteiger partial charge in [-0.2, -0.15) is 15.2 Å². The molecule has 1 saturated heterocycles. The van der Waals surface area contributed by atoms with Crippen LogP contribution in [0.5, 0.6) is 0 Å². The topological polar surface area (TPSA) is 131 Å². The van der Waals surface area contributed by atoms with E-state index in [1.807, 2.05) is 33.3 Å². The third-order valence-electron chi connectivity index (χ3n) is 7.38. The SMILES string of the molecule is Cc1ncc(C(=O)NCCN2CCCC23CC3)cc1Nc1nn(C)c2nc(Nc3cnn(C)c3)ncc12. The predicted octanol–water partition coefficient (Wildman–Crippen LogP) is 2.65. The molecule has 0 aromatic carbocycles. The number of likely N-dealkylation sites (tertiary alicyclic amines) is 1. The fraction of sp³-hybridized carbons (Fsp3) is 0.440. The molecule has 37 heavy (non-hydrogen) atoms. The van der Waals surface area contributed by atoms with Crippen LogP contribution in [-0.2, 0) is 14.1 Å². The third-order valence-corrected chi connectivity index (χ3v) is 7.38. The van der Waals surface area contributed by atoms with Crippen LogP contribution in [0, 0.1) is 6.92 Å². The number of aryl methyl sites for hydroxylation is 3. The zero-order valence-corrected chi connectivity index (χ0v) is 21.3. The zero-order valence-electron chi connectivity index (χ0n) is 21.3. The van der Waals surface area contributed by atoms with Crippen molar-refractivity contribution in [1.82, 2.24) is 44.7 Å². The van der Waals surface area contributed by atoms with E-state index in [-0.39, 0.29) is 5.91 Å². The number of hydrogen-bond donors (Lipinski definition) is 3. The van der Waals surface area contributed by atoms with Crippen molar-refractivity contribution in [2.75, 3.05) is 30.3 Å². The van der Waals surface area contributed by atoms with Gasteiger partial charge in [0.15, 0.2) is 11.5 Å². The fourth-order valence-corrected chi connectivity index (χ4v) is 5.18. The number of fused-ring (bicyclic) bond motifs is 1. The van der Waals surface area contributed by atoms with Gasteiger partial charge in [0.05, 0.1) is 34.2 Å².